The molecule has 2 unspecified atom stereocenters. The molecule has 2 fully saturated rings. The van der Waals surface area contributed by atoms with E-state index in [2.05, 4.69) is 35.2 Å². The highest BCUT2D eigenvalue weighted by Gasteiger charge is 2.40. The first kappa shape index (κ1) is 18.6. The minimum Gasteiger partial charge on any atom is -0.382 e. The van der Waals surface area contributed by atoms with Crippen LogP contribution in [-0.2, 0) is 20.8 Å². The summed E-state index contributed by atoms with van der Waals surface area (Å²) in [6.45, 7) is 2.72. The van der Waals surface area contributed by atoms with Crippen LogP contribution in [0.4, 0.5) is 0 Å². The number of hydrogen-bond donors (Lipinski definition) is 0. The zero-order chi connectivity index (χ0) is 17.5. The maximum Gasteiger partial charge on any atom is 0.138 e. The van der Waals surface area contributed by atoms with Gasteiger partial charge in [0, 0.05) is 38.1 Å². The standard InChI is InChI=1S/C21H31NO3/c1-24-12-13-25-11-10-21(23)18-14-19-8-5-9-20(15-18)22(19)16-17-6-3-2-4-7-17/h2-4,6-7,18-20H,5,8-16H2,1H3. The second-order valence-electron chi connectivity index (χ2n) is 7.39. The van der Waals surface area contributed by atoms with Crippen LogP contribution < -0.4 is 0 Å². The maximum absolute atomic E-state index is 12.6. The Bertz CT molecular complexity index is 519. The van der Waals surface area contributed by atoms with Crippen molar-refractivity contribution in [2.45, 2.75) is 57.2 Å². The predicted octanol–water partition coefficient (Wildman–Crippen LogP) is 3.44. The summed E-state index contributed by atoms with van der Waals surface area (Å²) in [5.41, 5.74) is 1.38. The molecule has 25 heavy (non-hydrogen) atoms. The summed E-state index contributed by atoms with van der Waals surface area (Å²) in [6.07, 6.45) is 6.38. The van der Waals surface area contributed by atoms with E-state index in [4.69, 9.17) is 9.47 Å². The van der Waals surface area contributed by atoms with Crippen LogP contribution in [0.25, 0.3) is 0 Å². The summed E-state index contributed by atoms with van der Waals surface area (Å²) in [6, 6.07) is 11.9. The van der Waals surface area contributed by atoms with Crippen LogP contribution in [0.2, 0.25) is 0 Å². The number of fused-ring (bicyclic) bond motifs is 2. The topological polar surface area (TPSA) is 38.8 Å². The number of hydrogen-bond acceptors (Lipinski definition) is 4. The van der Waals surface area contributed by atoms with Crippen LogP contribution in [0.5, 0.6) is 0 Å². The summed E-state index contributed by atoms with van der Waals surface area (Å²) in [5.74, 6) is 0.627. The average molecular weight is 345 g/mol. The van der Waals surface area contributed by atoms with E-state index >= 15 is 0 Å². The van der Waals surface area contributed by atoms with Crippen LogP contribution in [0, 0.1) is 5.92 Å². The number of ether oxygens (including phenoxy) is 2. The minimum absolute atomic E-state index is 0.230. The van der Waals surface area contributed by atoms with Crippen LogP contribution >= 0.6 is 0 Å². The van der Waals surface area contributed by atoms with Gasteiger partial charge in [-0.15, -0.1) is 0 Å². The molecule has 2 aliphatic heterocycles. The van der Waals surface area contributed by atoms with Crippen LogP contribution in [0.15, 0.2) is 30.3 Å². The van der Waals surface area contributed by atoms with Crippen molar-refractivity contribution in [1.29, 1.82) is 0 Å². The van der Waals surface area contributed by atoms with Gasteiger partial charge in [-0.1, -0.05) is 36.8 Å². The van der Waals surface area contributed by atoms with Crippen molar-refractivity contribution in [2.24, 2.45) is 5.92 Å². The lowest BCUT2D eigenvalue weighted by Gasteiger charge is -2.48. The molecule has 4 nitrogen and oxygen atoms in total. The van der Waals surface area contributed by atoms with E-state index in [-0.39, 0.29) is 5.92 Å². The monoisotopic (exact) mass is 345 g/mol. The van der Waals surface area contributed by atoms with Gasteiger partial charge in [-0.05, 0) is 31.2 Å². The lowest BCUT2D eigenvalue weighted by molar-refractivity contribution is -0.128. The molecule has 3 rings (SSSR count). The number of piperidine rings is 2. The number of ketones is 1. The molecule has 2 saturated heterocycles. The molecule has 0 amide bonds. The SMILES string of the molecule is COCCOCCC(=O)C1CC2CCCC(C1)N2Cc1ccccc1. The fourth-order valence-corrected chi connectivity index (χ4v) is 4.41. The first-order valence-corrected chi connectivity index (χ1v) is 9.67. The van der Waals surface area contributed by atoms with Gasteiger partial charge >= 0.3 is 0 Å². The van der Waals surface area contributed by atoms with Crippen molar-refractivity contribution in [3.8, 4) is 0 Å². The Morgan fingerprint density at radius 2 is 1.80 bits per heavy atom. The van der Waals surface area contributed by atoms with Gasteiger partial charge in [0.2, 0.25) is 0 Å². The lowest BCUT2D eigenvalue weighted by atomic mass is 9.76. The third kappa shape index (κ3) is 5.13. The molecule has 2 atom stereocenters. The highest BCUT2D eigenvalue weighted by molar-refractivity contribution is 5.81. The van der Waals surface area contributed by atoms with E-state index in [1.165, 1.54) is 24.8 Å². The number of nitrogens with zero attached hydrogens (tertiary/aromatic N) is 1. The molecule has 1 aromatic rings. The van der Waals surface area contributed by atoms with Crippen LogP contribution in [0.3, 0.4) is 0 Å². The summed E-state index contributed by atoms with van der Waals surface area (Å²) in [7, 11) is 1.66. The molecule has 0 aromatic heterocycles. The Morgan fingerprint density at radius 3 is 2.48 bits per heavy atom. The summed E-state index contributed by atoms with van der Waals surface area (Å²) in [5, 5.41) is 0. The molecular weight excluding hydrogens is 314 g/mol. The molecular formula is C21H31NO3. The molecule has 0 radical (unpaired) electrons. The number of carbonyl (C=O) groups excluding carboxylic acids is 1. The van der Waals surface area contributed by atoms with E-state index in [1.54, 1.807) is 7.11 Å². The Hall–Kier alpha value is -1.23. The van der Waals surface area contributed by atoms with Gasteiger partial charge in [0.05, 0.1) is 19.8 Å². The van der Waals surface area contributed by atoms with Gasteiger partial charge in [0.15, 0.2) is 0 Å². The summed E-state index contributed by atoms with van der Waals surface area (Å²) in [4.78, 5) is 15.3. The van der Waals surface area contributed by atoms with Crippen molar-refractivity contribution in [1.82, 2.24) is 4.90 Å². The molecule has 4 heteroatoms. The Balaban J connectivity index is 1.51. The van der Waals surface area contributed by atoms with Gasteiger partial charge < -0.3 is 9.47 Å². The summed E-state index contributed by atoms with van der Waals surface area (Å²) < 4.78 is 10.4. The lowest BCUT2D eigenvalue weighted by Crippen LogP contribution is -2.52. The molecule has 0 N–H and O–H groups in total. The smallest absolute Gasteiger partial charge is 0.138 e. The molecule has 0 spiro atoms. The third-order valence-corrected chi connectivity index (χ3v) is 5.71. The molecule has 2 aliphatic rings. The molecule has 1 aromatic carbocycles. The first-order chi connectivity index (χ1) is 12.3. The van der Waals surface area contributed by atoms with E-state index in [0.717, 1.165) is 19.4 Å². The van der Waals surface area contributed by atoms with Gasteiger partial charge in [-0.25, -0.2) is 0 Å². The second-order valence-corrected chi connectivity index (χ2v) is 7.39. The number of carbonyl (C=O) groups is 1. The molecule has 0 aliphatic carbocycles. The van der Waals surface area contributed by atoms with Crippen molar-refractivity contribution >= 4 is 5.78 Å². The van der Waals surface area contributed by atoms with E-state index in [9.17, 15) is 4.79 Å². The van der Waals surface area contributed by atoms with Gasteiger partial charge in [-0.2, -0.15) is 0 Å². The quantitative estimate of drug-likeness (QED) is 0.643. The Kier molecular flexibility index (Phi) is 7.02. The van der Waals surface area contributed by atoms with Crippen LogP contribution in [0.1, 0.15) is 44.1 Å². The number of rotatable bonds is 9. The average Bonchev–Trinajstić information content (AvgIpc) is 2.62. The molecule has 0 saturated carbocycles. The number of Topliss-reactive ketones (excluding diaryl/α,β-unsaturated/α-hetero) is 1. The molecule has 2 bridgehead atoms. The van der Waals surface area contributed by atoms with E-state index < -0.39 is 0 Å². The largest absolute Gasteiger partial charge is 0.382 e. The van der Waals surface area contributed by atoms with Crippen molar-refractivity contribution < 1.29 is 14.3 Å². The normalized spacial score (nSPS) is 26.5. The molecule has 138 valence electrons. The molecule has 2 heterocycles. The third-order valence-electron chi connectivity index (χ3n) is 5.71. The second kappa shape index (κ2) is 9.46. The van der Waals surface area contributed by atoms with Gasteiger partial charge in [0.25, 0.3) is 0 Å². The van der Waals surface area contributed by atoms with Gasteiger partial charge in [0.1, 0.15) is 5.78 Å². The Labute approximate surface area is 151 Å². The fourth-order valence-electron chi connectivity index (χ4n) is 4.41. The highest BCUT2D eigenvalue weighted by atomic mass is 16.5. The zero-order valence-corrected chi connectivity index (χ0v) is 15.4. The Morgan fingerprint density at radius 1 is 1.08 bits per heavy atom. The highest BCUT2D eigenvalue weighted by Crippen LogP contribution is 2.38. The van der Waals surface area contributed by atoms with E-state index in [0.29, 0.717) is 44.1 Å². The van der Waals surface area contributed by atoms with E-state index in [1.807, 2.05) is 0 Å². The fraction of sp³-hybridized carbons (Fsp3) is 0.667. The first-order valence-electron chi connectivity index (χ1n) is 9.67. The van der Waals surface area contributed by atoms with Gasteiger partial charge in [-0.3, -0.25) is 9.69 Å². The predicted molar refractivity (Wildman–Crippen MR) is 98.5 cm³/mol. The minimum atomic E-state index is 0.230. The van der Waals surface area contributed by atoms with Crippen molar-refractivity contribution in [3.05, 3.63) is 35.9 Å². The number of methoxy groups -OCH3 is 1. The number of benzene rings is 1. The van der Waals surface area contributed by atoms with Crippen molar-refractivity contribution in [3.63, 3.8) is 0 Å². The zero-order valence-electron chi connectivity index (χ0n) is 15.4. The van der Waals surface area contributed by atoms with Crippen molar-refractivity contribution in [2.75, 3.05) is 26.9 Å². The van der Waals surface area contributed by atoms with Crippen LogP contribution in [-0.4, -0.2) is 49.7 Å². The summed E-state index contributed by atoms with van der Waals surface area (Å²) >= 11 is 0. The maximum atomic E-state index is 12.6.